The number of amides is 1. The summed E-state index contributed by atoms with van der Waals surface area (Å²) in [5, 5.41) is 3.19. The summed E-state index contributed by atoms with van der Waals surface area (Å²) in [6.45, 7) is 18.1. The van der Waals surface area contributed by atoms with E-state index in [1.807, 2.05) is 20.8 Å². The van der Waals surface area contributed by atoms with Crippen molar-refractivity contribution in [1.29, 1.82) is 0 Å². The summed E-state index contributed by atoms with van der Waals surface area (Å²) in [5.74, 6) is 0.612. The van der Waals surface area contributed by atoms with Gasteiger partial charge in [0.05, 0.1) is 24.5 Å². The number of hydrogen-bond donors (Lipinski definition) is 3. The Kier molecular flexibility index (Phi) is 17.9. The van der Waals surface area contributed by atoms with Crippen molar-refractivity contribution < 1.29 is 33.3 Å². The van der Waals surface area contributed by atoms with Gasteiger partial charge in [0.2, 0.25) is 11.9 Å². The van der Waals surface area contributed by atoms with E-state index in [4.69, 9.17) is 25.7 Å². The summed E-state index contributed by atoms with van der Waals surface area (Å²) in [6.07, 6.45) is -2.46. The number of nitrogens with two attached hydrogens (primary N) is 2. The lowest BCUT2D eigenvalue weighted by Crippen LogP contribution is -2.33. The number of anilines is 2. The molecule has 0 fully saturated rings. The van der Waals surface area contributed by atoms with E-state index in [1.165, 1.54) is 5.56 Å². The van der Waals surface area contributed by atoms with Gasteiger partial charge in [-0.05, 0) is 107 Å². The highest BCUT2D eigenvalue weighted by Crippen LogP contribution is 2.26. The third-order valence-electron chi connectivity index (χ3n) is 5.00. The molecule has 0 atom stereocenters. The fourth-order valence-electron chi connectivity index (χ4n) is 3.44. The number of nitrogens with one attached hydrogen (secondary N) is 1. The number of ether oxygens (including phenoxy) is 4. The van der Waals surface area contributed by atoms with Gasteiger partial charge in [0, 0.05) is 24.2 Å². The van der Waals surface area contributed by atoms with Crippen molar-refractivity contribution in [3.8, 4) is 0 Å². The minimum atomic E-state index is -1.06. The van der Waals surface area contributed by atoms with Crippen molar-refractivity contribution in [2.75, 3.05) is 11.5 Å². The van der Waals surface area contributed by atoms with Gasteiger partial charge in [0.25, 0.3) is 0 Å². The first-order chi connectivity index (χ1) is 20.0. The van der Waals surface area contributed by atoms with Crippen LogP contribution < -0.4 is 16.8 Å². The summed E-state index contributed by atoms with van der Waals surface area (Å²) < 4.78 is 20.9. The predicted octanol–water partition coefficient (Wildman–Crippen LogP) is 6.29. The van der Waals surface area contributed by atoms with Crippen LogP contribution in [0.1, 0.15) is 84.8 Å². The van der Waals surface area contributed by atoms with Gasteiger partial charge >= 0.3 is 18.4 Å². The van der Waals surface area contributed by atoms with Crippen molar-refractivity contribution in [3.63, 3.8) is 0 Å². The van der Waals surface area contributed by atoms with E-state index in [0.29, 0.717) is 19.0 Å². The number of carbonyl (C=O) groups is 3. The smallest absolute Gasteiger partial charge is 0.444 e. The van der Waals surface area contributed by atoms with Gasteiger partial charge in [0.15, 0.2) is 0 Å². The van der Waals surface area contributed by atoms with Gasteiger partial charge in [-0.25, -0.2) is 34.3 Å². The zero-order valence-electron chi connectivity index (χ0n) is 27.1. The van der Waals surface area contributed by atoms with E-state index < -0.39 is 29.1 Å². The van der Waals surface area contributed by atoms with Crippen LogP contribution in [-0.2, 0) is 45.1 Å². The Morgan fingerprint density at radius 3 is 1.57 bits per heavy atom. The molecule has 2 aromatic rings. The highest BCUT2D eigenvalue weighted by molar-refractivity contribution is 14.1. The molecule has 2 aromatic heterocycles. The van der Waals surface area contributed by atoms with Crippen LogP contribution in [0.15, 0.2) is 0 Å². The number of nitrogens with zero attached hydrogens (tertiary/aromatic N) is 5. The summed E-state index contributed by atoms with van der Waals surface area (Å²) in [4.78, 5) is 52.0. The molecule has 0 aliphatic carbocycles. The lowest BCUT2D eigenvalue weighted by atomic mass is 10.2. The van der Waals surface area contributed by atoms with Gasteiger partial charge in [-0.2, -0.15) is 0 Å². The van der Waals surface area contributed by atoms with Crippen molar-refractivity contribution in [3.05, 3.63) is 29.9 Å². The number of fused-ring (bicyclic) bond motifs is 2. The second-order valence-electron chi connectivity index (χ2n) is 12.6. The minimum Gasteiger partial charge on any atom is -0.444 e. The van der Waals surface area contributed by atoms with Crippen LogP contribution in [0.3, 0.4) is 0 Å². The van der Waals surface area contributed by atoms with E-state index in [1.54, 1.807) is 46.4 Å². The fraction of sp³-hybridized carbons (Fsp3) is 0.593. The van der Waals surface area contributed by atoms with E-state index in [-0.39, 0.29) is 60.0 Å². The molecular formula is C27H42I4N8O7. The first-order valence-electron chi connectivity index (χ1n) is 13.5. The first-order valence-corrected chi connectivity index (χ1v) is 15.6. The molecule has 46 heavy (non-hydrogen) atoms. The standard InChI is InChI=1S/C11H15IN4O2.C10H18O5.C6H7IN4.2HI/c1-11(2,3)18-10(17)16-4-6-7(5-16)14-9(13)15-8(6)12;1-9(2,3)14-7(11)13-8(12)15-10(4,5)6;7-5-3-1-9-2-4(3)10-6(8)11-5;;/h4-5H2,1-3H3,(H2,13,14,15);1-6H3;9H,1-2H2,(H2,8,10,11);2*1H. The van der Waals surface area contributed by atoms with E-state index >= 15 is 0 Å². The zero-order valence-corrected chi connectivity index (χ0v) is 36.1. The number of aromatic nitrogens is 4. The maximum atomic E-state index is 11.9. The van der Waals surface area contributed by atoms with Crippen LogP contribution in [0.25, 0.3) is 0 Å². The maximum absolute atomic E-state index is 11.9. The topological polar surface area (TPSA) is 207 Å². The molecule has 0 radical (unpaired) electrons. The lowest BCUT2D eigenvalue weighted by Gasteiger charge is -2.23. The molecule has 0 saturated carbocycles. The molecule has 5 N–H and O–H groups in total. The van der Waals surface area contributed by atoms with Gasteiger partial charge in [-0.3, -0.25) is 4.90 Å². The number of halogens is 4. The normalized spacial score (nSPS) is 13.2. The third kappa shape index (κ3) is 16.2. The first kappa shape index (κ1) is 44.6. The second kappa shape index (κ2) is 18.4. The summed E-state index contributed by atoms with van der Waals surface area (Å²) >= 11 is 4.28. The SMILES string of the molecule is CC(C)(C)OC(=O)N1Cc2nc(N)nc(I)c2C1.CC(C)(C)OC(=O)OC(=O)OC(C)(C)C.I.I.Nc1nc(I)c2c(n1)CNC2. The van der Waals surface area contributed by atoms with E-state index in [9.17, 15) is 14.4 Å². The summed E-state index contributed by atoms with van der Waals surface area (Å²) in [7, 11) is 0. The molecule has 0 saturated heterocycles. The van der Waals surface area contributed by atoms with Crippen LogP contribution in [0.2, 0.25) is 0 Å². The molecule has 0 aromatic carbocycles. The van der Waals surface area contributed by atoms with Gasteiger partial charge < -0.3 is 35.7 Å². The third-order valence-corrected chi connectivity index (χ3v) is 6.78. The van der Waals surface area contributed by atoms with Crippen molar-refractivity contribution in [1.82, 2.24) is 30.2 Å². The van der Waals surface area contributed by atoms with Gasteiger partial charge in [-0.1, -0.05) is 0 Å². The lowest BCUT2D eigenvalue weighted by molar-refractivity contribution is -0.0294. The Morgan fingerprint density at radius 1 is 0.674 bits per heavy atom. The summed E-state index contributed by atoms with van der Waals surface area (Å²) in [6, 6.07) is 0. The Hall–Kier alpha value is -1.35. The molecule has 2 aliphatic heterocycles. The van der Waals surface area contributed by atoms with E-state index in [2.05, 4.69) is 75.2 Å². The molecular weight excluding hydrogens is 1060 g/mol. The largest absolute Gasteiger partial charge is 0.519 e. The minimum absolute atomic E-state index is 0. The molecule has 0 spiro atoms. The highest BCUT2D eigenvalue weighted by atomic mass is 127. The van der Waals surface area contributed by atoms with Crippen LogP contribution in [0.5, 0.6) is 0 Å². The molecule has 2 aliphatic rings. The molecule has 1 amide bonds. The van der Waals surface area contributed by atoms with Crippen LogP contribution >= 0.6 is 93.1 Å². The van der Waals surface area contributed by atoms with Gasteiger partial charge in [-0.15, -0.1) is 48.0 Å². The molecule has 19 heteroatoms. The Morgan fingerprint density at radius 2 is 1.11 bits per heavy atom. The van der Waals surface area contributed by atoms with Crippen molar-refractivity contribution in [2.45, 2.75) is 105 Å². The van der Waals surface area contributed by atoms with Crippen LogP contribution in [0.4, 0.5) is 26.3 Å². The number of rotatable bonds is 0. The Bertz CT molecular complexity index is 1350. The molecule has 260 valence electrons. The van der Waals surface area contributed by atoms with Crippen LogP contribution in [-0.4, -0.2) is 60.0 Å². The van der Waals surface area contributed by atoms with E-state index in [0.717, 1.165) is 37.4 Å². The molecule has 4 rings (SSSR count). The Balaban J connectivity index is 0.000000663. The fourth-order valence-corrected chi connectivity index (χ4v) is 4.92. The molecule has 0 bridgehead atoms. The molecule has 15 nitrogen and oxygen atoms in total. The number of hydrogen-bond acceptors (Lipinski definition) is 14. The Labute approximate surface area is 330 Å². The van der Waals surface area contributed by atoms with Crippen molar-refractivity contribution >= 4 is 123 Å². The number of carbonyl (C=O) groups excluding carboxylic acids is 3. The molecule has 4 heterocycles. The molecule has 0 unspecified atom stereocenters. The number of nitrogen functional groups attached to an aromatic ring is 2. The average molecular weight is 1100 g/mol. The van der Waals surface area contributed by atoms with Gasteiger partial charge in [0.1, 0.15) is 24.2 Å². The van der Waals surface area contributed by atoms with Crippen molar-refractivity contribution in [2.24, 2.45) is 0 Å². The monoisotopic (exact) mass is 1100 g/mol. The zero-order chi connectivity index (χ0) is 33.6. The highest BCUT2D eigenvalue weighted by Gasteiger charge is 2.30. The predicted molar refractivity (Wildman–Crippen MR) is 209 cm³/mol. The van der Waals surface area contributed by atoms with Crippen LogP contribution in [0, 0.1) is 7.40 Å². The maximum Gasteiger partial charge on any atom is 0.519 e. The average Bonchev–Trinajstić information content (AvgIpc) is 3.43. The summed E-state index contributed by atoms with van der Waals surface area (Å²) in [5.41, 5.74) is 13.2. The second-order valence-corrected chi connectivity index (χ2v) is 14.6. The quantitative estimate of drug-likeness (QED) is 0.0872.